The van der Waals surface area contributed by atoms with Crippen LogP contribution in [0.5, 0.6) is 0 Å². The number of nitrogens with two attached hydrogens (primary N) is 1. The zero-order chi connectivity index (χ0) is 14.2. The molecule has 0 aromatic carbocycles. The quantitative estimate of drug-likeness (QED) is 0.857. The van der Waals surface area contributed by atoms with Crippen molar-refractivity contribution in [3.8, 4) is 0 Å². The van der Waals surface area contributed by atoms with Crippen molar-refractivity contribution in [1.82, 2.24) is 4.31 Å². The molecule has 4 nitrogen and oxygen atoms in total. The highest BCUT2D eigenvalue weighted by atomic mass is 32.2. The summed E-state index contributed by atoms with van der Waals surface area (Å²) in [5.74, 6) is 0.676. The molecule has 18 heavy (non-hydrogen) atoms. The third-order valence-electron chi connectivity index (χ3n) is 4.39. The molecule has 0 aliphatic heterocycles. The number of hydrogen-bond donors (Lipinski definition) is 1. The molecule has 0 aromatic heterocycles. The van der Waals surface area contributed by atoms with E-state index in [1.165, 1.54) is 0 Å². The molecule has 0 spiro atoms. The van der Waals surface area contributed by atoms with Crippen LogP contribution in [0.2, 0.25) is 0 Å². The molecular weight excluding hydrogens is 248 g/mol. The third-order valence-corrected chi connectivity index (χ3v) is 7.04. The highest BCUT2D eigenvalue weighted by molar-refractivity contribution is 7.90. The average molecular weight is 276 g/mol. The highest BCUT2D eigenvalue weighted by Gasteiger charge is 2.46. The molecule has 0 bridgehead atoms. The first kappa shape index (κ1) is 15.9. The van der Waals surface area contributed by atoms with Gasteiger partial charge < -0.3 is 5.73 Å². The molecule has 1 rings (SSSR count). The van der Waals surface area contributed by atoms with E-state index in [1.54, 1.807) is 32.1 Å². The van der Waals surface area contributed by atoms with E-state index in [0.717, 1.165) is 25.7 Å². The smallest absolute Gasteiger partial charge is 0.219 e. The SMILES string of the molecule is CC1CCC(CN)(N(C)S(=O)(=O)C(C)(C)C)CC1. The van der Waals surface area contributed by atoms with E-state index in [1.807, 2.05) is 0 Å². The van der Waals surface area contributed by atoms with E-state index < -0.39 is 14.8 Å². The molecule has 1 fully saturated rings. The van der Waals surface area contributed by atoms with Crippen molar-refractivity contribution in [2.45, 2.75) is 63.7 Å². The number of rotatable bonds is 3. The summed E-state index contributed by atoms with van der Waals surface area (Å²) in [5, 5.41) is 0. The second kappa shape index (κ2) is 5.10. The molecule has 108 valence electrons. The maximum absolute atomic E-state index is 12.6. The van der Waals surface area contributed by atoms with Crippen LogP contribution in [0.4, 0.5) is 0 Å². The first-order valence-electron chi connectivity index (χ1n) is 6.75. The highest BCUT2D eigenvalue weighted by Crippen LogP contribution is 2.38. The molecule has 1 aliphatic rings. The van der Waals surface area contributed by atoms with E-state index >= 15 is 0 Å². The van der Waals surface area contributed by atoms with Gasteiger partial charge in [-0.1, -0.05) is 6.92 Å². The Balaban J connectivity index is 3.03. The van der Waals surface area contributed by atoms with Crippen LogP contribution in [0.25, 0.3) is 0 Å². The van der Waals surface area contributed by atoms with Gasteiger partial charge in [-0.2, -0.15) is 4.31 Å². The molecule has 0 radical (unpaired) electrons. The summed E-state index contributed by atoms with van der Waals surface area (Å²) in [6, 6.07) is 0. The number of hydrogen-bond acceptors (Lipinski definition) is 3. The lowest BCUT2D eigenvalue weighted by Gasteiger charge is -2.46. The Labute approximate surface area is 112 Å². The zero-order valence-electron chi connectivity index (χ0n) is 12.4. The minimum absolute atomic E-state index is 0.376. The summed E-state index contributed by atoms with van der Waals surface area (Å²) in [6.07, 6.45) is 3.86. The molecule has 0 atom stereocenters. The fourth-order valence-electron chi connectivity index (χ4n) is 2.61. The van der Waals surface area contributed by atoms with Crippen molar-refractivity contribution < 1.29 is 8.42 Å². The van der Waals surface area contributed by atoms with Gasteiger partial charge in [-0.15, -0.1) is 0 Å². The van der Waals surface area contributed by atoms with Crippen molar-refractivity contribution in [1.29, 1.82) is 0 Å². The Hall–Kier alpha value is -0.130. The predicted octanol–water partition coefficient (Wildman–Crippen LogP) is 1.95. The van der Waals surface area contributed by atoms with Crippen molar-refractivity contribution in [2.75, 3.05) is 13.6 Å². The molecule has 1 saturated carbocycles. The minimum Gasteiger partial charge on any atom is -0.329 e. The molecule has 0 saturated heterocycles. The summed E-state index contributed by atoms with van der Waals surface area (Å²) in [7, 11) is -1.61. The summed E-state index contributed by atoms with van der Waals surface area (Å²) in [6.45, 7) is 7.86. The van der Waals surface area contributed by atoms with Crippen molar-refractivity contribution in [2.24, 2.45) is 11.7 Å². The standard InChI is InChI=1S/C13H28N2O2S/c1-11-6-8-13(10-14,9-7-11)15(5)18(16,17)12(2,3)4/h11H,6-10,14H2,1-5H3. The maximum Gasteiger partial charge on any atom is 0.219 e. The monoisotopic (exact) mass is 276 g/mol. The summed E-state index contributed by atoms with van der Waals surface area (Å²) >= 11 is 0. The van der Waals surface area contributed by atoms with Crippen LogP contribution in [0.1, 0.15) is 53.4 Å². The molecule has 5 heteroatoms. The first-order chi connectivity index (χ1) is 8.07. The number of sulfonamides is 1. The first-order valence-corrected chi connectivity index (χ1v) is 8.19. The lowest BCUT2D eigenvalue weighted by Crippen LogP contribution is -2.59. The summed E-state index contributed by atoms with van der Waals surface area (Å²) in [5.41, 5.74) is 5.54. The fraction of sp³-hybridized carbons (Fsp3) is 1.00. The second-order valence-corrected chi connectivity index (χ2v) is 9.42. The summed E-state index contributed by atoms with van der Waals surface area (Å²) in [4.78, 5) is 0. The van der Waals surface area contributed by atoms with Gasteiger partial charge in [0.1, 0.15) is 0 Å². The van der Waals surface area contributed by atoms with Crippen LogP contribution in [0, 0.1) is 5.92 Å². The van der Waals surface area contributed by atoms with Crippen LogP contribution in [0.3, 0.4) is 0 Å². The van der Waals surface area contributed by atoms with Crippen LogP contribution in [0.15, 0.2) is 0 Å². The minimum atomic E-state index is -3.31. The van der Waals surface area contributed by atoms with Crippen LogP contribution >= 0.6 is 0 Å². The van der Waals surface area contributed by atoms with Gasteiger partial charge in [0.05, 0.1) is 4.75 Å². The van der Waals surface area contributed by atoms with E-state index in [-0.39, 0.29) is 5.54 Å². The van der Waals surface area contributed by atoms with Crippen molar-refractivity contribution in [3.63, 3.8) is 0 Å². The Morgan fingerprint density at radius 1 is 1.28 bits per heavy atom. The van der Waals surface area contributed by atoms with Crippen molar-refractivity contribution in [3.05, 3.63) is 0 Å². The van der Waals surface area contributed by atoms with Gasteiger partial charge in [-0.3, -0.25) is 0 Å². The van der Waals surface area contributed by atoms with Gasteiger partial charge in [-0.05, 0) is 52.4 Å². The van der Waals surface area contributed by atoms with Crippen LogP contribution in [-0.4, -0.2) is 36.6 Å². The maximum atomic E-state index is 12.6. The molecule has 2 N–H and O–H groups in total. The van der Waals surface area contributed by atoms with Gasteiger partial charge in [0.15, 0.2) is 0 Å². The average Bonchev–Trinajstić information content (AvgIpc) is 2.28. The van der Waals surface area contributed by atoms with Gasteiger partial charge in [0.25, 0.3) is 0 Å². The molecule has 0 heterocycles. The Morgan fingerprint density at radius 2 is 1.72 bits per heavy atom. The Kier molecular flexibility index (Phi) is 4.51. The molecule has 0 amide bonds. The topological polar surface area (TPSA) is 63.4 Å². The molecular formula is C13H28N2O2S. The van der Waals surface area contributed by atoms with Gasteiger partial charge in [-0.25, -0.2) is 8.42 Å². The second-order valence-electron chi connectivity index (χ2n) is 6.70. The van der Waals surface area contributed by atoms with Gasteiger partial charge in [0.2, 0.25) is 10.0 Å². The largest absolute Gasteiger partial charge is 0.329 e. The van der Waals surface area contributed by atoms with Crippen LogP contribution < -0.4 is 5.73 Å². The van der Waals surface area contributed by atoms with Gasteiger partial charge in [0, 0.05) is 19.1 Å². The summed E-state index contributed by atoms with van der Waals surface area (Å²) < 4.78 is 25.9. The lowest BCUT2D eigenvalue weighted by atomic mass is 9.77. The Morgan fingerprint density at radius 3 is 2.06 bits per heavy atom. The van der Waals surface area contributed by atoms with E-state index in [0.29, 0.717) is 12.5 Å². The van der Waals surface area contributed by atoms with E-state index in [4.69, 9.17) is 5.73 Å². The van der Waals surface area contributed by atoms with Gasteiger partial charge >= 0.3 is 0 Å². The predicted molar refractivity (Wildman–Crippen MR) is 75.9 cm³/mol. The molecule has 1 aliphatic carbocycles. The lowest BCUT2D eigenvalue weighted by molar-refractivity contribution is 0.133. The van der Waals surface area contributed by atoms with E-state index in [9.17, 15) is 8.42 Å². The zero-order valence-corrected chi connectivity index (χ0v) is 13.2. The normalized spacial score (nSPS) is 30.7. The molecule has 0 unspecified atom stereocenters. The Bertz CT molecular complexity index is 376. The third kappa shape index (κ3) is 2.73. The van der Waals surface area contributed by atoms with E-state index in [2.05, 4.69) is 6.92 Å². The van der Waals surface area contributed by atoms with Crippen molar-refractivity contribution >= 4 is 10.0 Å². The fourth-order valence-corrected chi connectivity index (χ4v) is 4.20. The number of likely N-dealkylation sites (N-methyl/N-ethyl adjacent to an activating group) is 1. The van der Waals surface area contributed by atoms with Crippen LogP contribution in [-0.2, 0) is 10.0 Å². The number of nitrogens with zero attached hydrogens (tertiary/aromatic N) is 1. The molecule has 0 aromatic rings.